The summed E-state index contributed by atoms with van der Waals surface area (Å²) in [6.45, 7) is 8.61. The second kappa shape index (κ2) is 4.52. The number of aromatic nitrogens is 4. The van der Waals surface area contributed by atoms with E-state index in [0.717, 1.165) is 0 Å². The molecule has 0 atom stereocenters. The van der Waals surface area contributed by atoms with Crippen LogP contribution in [0.2, 0.25) is 0 Å². The van der Waals surface area contributed by atoms with Crippen molar-refractivity contribution in [3.8, 4) is 0 Å². The van der Waals surface area contributed by atoms with Crippen LogP contribution in [0.25, 0.3) is 5.78 Å². The van der Waals surface area contributed by atoms with Crippen molar-refractivity contribution in [2.45, 2.75) is 45.8 Å². The van der Waals surface area contributed by atoms with Gasteiger partial charge in [0.15, 0.2) is 0 Å². The highest BCUT2D eigenvalue weighted by atomic mass is 16.3. The molecule has 0 saturated heterocycles. The van der Waals surface area contributed by atoms with E-state index >= 15 is 0 Å². The molecule has 108 valence electrons. The van der Waals surface area contributed by atoms with Crippen molar-refractivity contribution in [2.24, 2.45) is 0 Å². The lowest BCUT2D eigenvalue weighted by atomic mass is 9.86. The highest BCUT2D eigenvalue weighted by molar-refractivity contribution is 5.95. The van der Waals surface area contributed by atoms with Crippen LogP contribution in [0.1, 0.15) is 43.7 Å². The fourth-order valence-electron chi connectivity index (χ4n) is 1.62. The van der Waals surface area contributed by atoms with Gasteiger partial charge < -0.3 is 10.4 Å². The number of hydrogen-bond donors (Lipinski definition) is 2. The minimum Gasteiger partial charge on any atom is -0.388 e. The summed E-state index contributed by atoms with van der Waals surface area (Å²) in [7, 11) is 0. The molecule has 7 nitrogen and oxygen atoms in total. The Morgan fingerprint density at radius 2 is 1.95 bits per heavy atom. The van der Waals surface area contributed by atoms with Crippen molar-refractivity contribution < 1.29 is 9.90 Å². The molecule has 0 radical (unpaired) electrons. The molecule has 0 aliphatic carbocycles. The van der Waals surface area contributed by atoms with E-state index in [4.69, 9.17) is 0 Å². The molecule has 7 heteroatoms. The quantitative estimate of drug-likeness (QED) is 0.862. The molecule has 2 aromatic heterocycles. The predicted octanol–water partition coefficient (Wildman–Crippen LogP) is 0.712. The minimum absolute atomic E-state index is 0.306. The van der Waals surface area contributed by atoms with Crippen molar-refractivity contribution in [1.29, 1.82) is 0 Å². The summed E-state index contributed by atoms with van der Waals surface area (Å²) in [4.78, 5) is 20.4. The molecule has 2 N–H and O–H groups in total. The maximum atomic E-state index is 12.4. The van der Waals surface area contributed by atoms with Gasteiger partial charge in [-0.05, 0) is 34.6 Å². The van der Waals surface area contributed by atoms with Gasteiger partial charge in [-0.3, -0.25) is 4.79 Å². The van der Waals surface area contributed by atoms with Crippen LogP contribution in [-0.4, -0.2) is 41.7 Å². The van der Waals surface area contributed by atoms with Gasteiger partial charge in [0.05, 0.1) is 22.4 Å². The zero-order valence-corrected chi connectivity index (χ0v) is 12.3. The number of aliphatic hydroxyl groups is 1. The van der Waals surface area contributed by atoms with Gasteiger partial charge in [0.25, 0.3) is 11.7 Å². The summed E-state index contributed by atoms with van der Waals surface area (Å²) in [5, 5.41) is 16.9. The molecule has 0 aliphatic heterocycles. The van der Waals surface area contributed by atoms with Gasteiger partial charge in [-0.25, -0.2) is 9.50 Å². The number of rotatable bonds is 3. The Morgan fingerprint density at radius 3 is 2.55 bits per heavy atom. The first kappa shape index (κ1) is 14.4. The Kier molecular flexibility index (Phi) is 3.25. The lowest BCUT2D eigenvalue weighted by Gasteiger charge is -2.38. The molecule has 0 aromatic carbocycles. The standard InChI is InChI=1S/C13H19N5O2/c1-8-9(6-14-11-15-7-16-18(8)11)10(19)17-12(2,3)13(4,5)20/h6-7,20H,1-5H3,(H,17,19). The first-order valence-corrected chi connectivity index (χ1v) is 6.34. The van der Waals surface area contributed by atoms with Crippen molar-refractivity contribution >= 4 is 11.7 Å². The Morgan fingerprint density at radius 1 is 1.30 bits per heavy atom. The lowest BCUT2D eigenvalue weighted by molar-refractivity contribution is -0.00296. The zero-order chi connectivity index (χ0) is 15.1. The van der Waals surface area contributed by atoms with Gasteiger partial charge in [-0.15, -0.1) is 0 Å². The molecule has 2 heterocycles. The summed E-state index contributed by atoms with van der Waals surface area (Å²) in [6.07, 6.45) is 2.85. The maximum Gasteiger partial charge on any atom is 0.255 e. The second-order valence-electron chi connectivity index (χ2n) is 5.87. The average molecular weight is 277 g/mol. The second-order valence-corrected chi connectivity index (χ2v) is 5.87. The number of nitrogens with zero attached hydrogens (tertiary/aromatic N) is 4. The largest absolute Gasteiger partial charge is 0.388 e. The monoisotopic (exact) mass is 277 g/mol. The highest BCUT2D eigenvalue weighted by Gasteiger charge is 2.36. The Hall–Kier alpha value is -2.02. The van der Waals surface area contributed by atoms with E-state index < -0.39 is 11.1 Å². The molecule has 0 unspecified atom stereocenters. The van der Waals surface area contributed by atoms with Crippen LogP contribution in [0.4, 0.5) is 0 Å². The van der Waals surface area contributed by atoms with Crippen molar-refractivity contribution in [3.63, 3.8) is 0 Å². The SMILES string of the molecule is Cc1c(C(=O)NC(C)(C)C(C)(C)O)cnc2ncnn12. The fourth-order valence-corrected chi connectivity index (χ4v) is 1.62. The molecule has 0 spiro atoms. The predicted molar refractivity (Wildman–Crippen MR) is 73.4 cm³/mol. The molecular weight excluding hydrogens is 258 g/mol. The number of carbonyl (C=O) groups excluding carboxylic acids is 1. The Bertz CT molecular complexity index is 654. The summed E-state index contributed by atoms with van der Waals surface area (Å²) in [6, 6.07) is 0. The molecule has 2 aromatic rings. The highest BCUT2D eigenvalue weighted by Crippen LogP contribution is 2.21. The number of amides is 1. The van der Waals surface area contributed by atoms with E-state index in [9.17, 15) is 9.90 Å². The average Bonchev–Trinajstić information content (AvgIpc) is 2.75. The first-order chi connectivity index (χ1) is 9.13. The van der Waals surface area contributed by atoms with E-state index in [1.165, 1.54) is 17.0 Å². The van der Waals surface area contributed by atoms with Gasteiger partial charge >= 0.3 is 0 Å². The zero-order valence-electron chi connectivity index (χ0n) is 12.3. The maximum absolute atomic E-state index is 12.4. The van der Waals surface area contributed by atoms with Crippen LogP contribution < -0.4 is 5.32 Å². The van der Waals surface area contributed by atoms with Crippen LogP contribution >= 0.6 is 0 Å². The van der Waals surface area contributed by atoms with Crippen LogP contribution in [0.3, 0.4) is 0 Å². The van der Waals surface area contributed by atoms with Crippen LogP contribution in [-0.2, 0) is 0 Å². The van der Waals surface area contributed by atoms with Crippen molar-refractivity contribution in [3.05, 3.63) is 23.8 Å². The molecule has 0 saturated carbocycles. The Balaban J connectivity index is 2.35. The van der Waals surface area contributed by atoms with Gasteiger partial charge in [-0.2, -0.15) is 10.1 Å². The van der Waals surface area contributed by atoms with Crippen LogP contribution in [0.5, 0.6) is 0 Å². The van der Waals surface area contributed by atoms with E-state index in [2.05, 4.69) is 20.4 Å². The summed E-state index contributed by atoms with van der Waals surface area (Å²) in [5.41, 5.74) is -0.785. The van der Waals surface area contributed by atoms with Gasteiger partial charge in [0.2, 0.25) is 0 Å². The van der Waals surface area contributed by atoms with E-state index in [-0.39, 0.29) is 5.91 Å². The number of carbonyl (C=O) groups is 1. The van der Waals surface area contributed by atoms with E-state index in [1.807, 2.05) is 0 Å². The summed E-state index contributed by atoms with van der Waals surface area (Å²) >= 11 is 0. The minimum atomic E-state index is -1.05. The molecule has 0 bridgehead atoms. The van der Waals surface area contributed by atoms with Crippen molar-refractivity contribution in [1.82, 2.24) is 24.9 Å². The Labute approximate surface area is 117 Å². The van der Waals surface area contributed by atoms with Gasteiger partial charge in [0.1, 0.15) is 6.33 Å². The normalized spacial score (nSPS) is 12.7. The van der Waals surface area contributed by atoms with Crippen LogP contribution in [0, 0.1) is 6.92 Å². The molecule has 0 fully saturated rings. The number of fused-ring (bicyclic) bond motifs is 1. The smallest absolute Gasteiger partial charge is 0.255 e. The summed E-state index contributed by atoms with van der Waals surface area (Å²) < 4.78 is 1.51. The third-order valence-corrected chi connectivity index (χ3v) is 3.75. The lowest BCUT2D eigenvalue weighted by Crippen LogP contribution is -2.57. The van der Waals surface area contributed by atoms with E-state index in [0.29, 0.717) is 17.0 Å². The fraction of sp³-hybridized carbons (Fsp3) is 0.538. The van der Waals surface area contributed by atoms with E-state index in [1.54, 1.807) is 34.6 Å². The topological polar surface area (TPSA) is 92.4 Å². The first-order valence-electron chi connectivity index (χ1n) is 6.34. The molecule has 2 rings (SSSR count). The van der Waals surface area contributed by atoms with Gasteiger partial charge in [-0.1, -0.05) is 0 Å². The number of aryl methyl sites for hydroxylation is 1. The van der Waals surface area contributed by atoms with Gasteiger partial charge in [0, 0.05) is 6.20 Å². The van der Waals surface area contributed by atoms with Crippen molar-refractivity contribution in [2.75, 3.05) is 0 Å². The molecule has 20 heavy (non-hydrogen) atoms. The third-order valence-electron chi connectivity index (χ3n) is 3.75. The van der Waals surface area contributed by atoms with Crippen LogP contribution in [0.15, 0.2) is 12.5 Å². The number of hydrogen-bond acceptors (Lipinski definition) is 5. The summed E-state index contributed by atoms with van der Waals surface area (Å²) in [5.74, 6) is 0.139. The molecule has 1 amide bonds. The molecule has 0 aliphatic rings. The number of nitrogens with one attached hydrogen (secondary N) is 1. The third kappa shape index (κ3) is 2.36. The molecular formula is C13H19N5O2.